The molecule has 0 fully saturated rings. The van der Waals surface area contributed by atoms with Crippen LogP contribution in [0.4, 0.5) is 11.8 Å². The van der Waals surface area contributed by atoms with Gasteiger partial charge in [-0.25, -0.2) is 4.98 Å². The topological polar surface area (TPSA) is 54.2 Å². The molecule has 102 valence electrons. The fourth-order valence-corrected chi connectivity index (χ4v) is 1.96. The Morgan fingerprint density at radius 2 is 2.26 bits per heavy atom. The first-order valence-corrected chi connectivity index (χ1v) is 6.66. The predicted octanol–water partition coefficient (Wildman–Crippen LogP) is 3.18. The second kappa shape index (κ2) is 6.43. The zero-order chi connectivity index (χ0) is 13.7. The van der Waals surface area contributed by atoms with E-state index in [4.69, 9.17) is 16.0 Å². The summed E-state index contributed by atoms with van der Waals surface area (Å²) in [7, 11) is 0. The number of furan rings is 1. The van der Waals surface area contributed by atoms with Crippen molar-refractivity contribution in [1.82, 2.24) is 9.97 Å². The smallest absolute Gasteiger partial charge is 0.224 e. The number of hydrogen-bond donors (Lipinski definition) is 1. The Morgan fingerprint density at radius 3 is 2.89 bits per heavy atom. The van der Waals surface area contributed by atoms with E-state index in [-0.39, 0.29) is 0 Å². The average Bonchev–Trinajstić information content (AvgIpc) is 2.92. The van der Waals surface area contributed by atoms with Gasteiger partial charge in [0.15, 0.2) is 5.82 Å². The molecule has 0 unspecified atom stereocenters. The van der Waals surface area contributed by atoms with Crippen LogP contribution in [0.15, 0.2) is 29.0 Å². The van der Waals surface area contributed by atoms with E-state index in [1.807, 2.05) is 30.9 Å². The van der Waals surface area contributed by atoms with E-state index >= 15 is 0 Å². The van der Waals surface area contributed by atoms with Gasteiger partial charge in [0.1, 0.15) is 10.8 Å². The largest absolute Gasteiger partial charge is 0.467 e. The lowest BCUT2D eigenvalue weighted by molar-refractivity contribution is 0.503. The van der Waals surface area contributed by atoms with Crippen LogP contribution in [0.25, 0.3) is 0 Å². The molecule has 0 saturated carbocycles. The Kier molecular flexibility index (Phi) is 4.63. The lowest BCUT2D eigenvalue weighted by atomic mass is 10.4. The minimum atomic E-state index is 0.537. The van der Waals surface area contributed by atoms with Crippen LogP contribution in [0.5, 0.6) is 0 Å². The number of hydrogen-bond acceptors (Lipinski definition) is 5. The van der Waals surface area contributed by atoms with Crippen molar-refractivity contribution in [3.8, 4) is 0 Å². The van der Waals surface area contributed by atoms with Crippen LogP contribution in [0, 0.1) is 0 Å². The minimum absolute atomic E-state index is 0.537. The third-order valence-electron chi connectivity index (χ3n) is 2.67. The highest BCUT2D eigenvalue weighted by atomic mass is 35.5. The summed E-state index contributed by atoms with van der Waals surface area (Å²) in [4.78, 5) is 10.6. The molecule has 2 aromatic rings. The Balaban J connectivity index is 2.23. The zero-order valence-electron chi connectivity index (χ0n) is 11.1. The zero-order valence-corrected chi connectivity index (χ0v) is 11.8. The highest BCUT2D eigenvalue weighted by Gasteiger charge is 2.14. The highest BCUT2D eigenvalue weighted by molar-refractivity contribution is 6.32. The van der Waals surface area contributed by atoms with E-state index in [1.165, 1.54) is 0 Å². The summed E-state index contributed by atoms with van der Waals surface area (Å²) < 4.78 is 5.36. The summed E-state index contributed by atoms with van der Waals surface area (Å²) in [6, 6.07) is 3.80. The maximum Gasteiger partial charge on any atom is 0.224 e. The number of nitrogens with zero attached hydrogens (tertiary/aromatic N) is 3. The molecule has 0 aliphatic carbocycles. The molecular weight excluding hydrogens is 264 g/mol. The monoisotopic (exact) mass is 280 g/mol. The Morgan fingerprint density at radius 1 is 1.42 bits per heavy atom. The molecule has 5 nitrogen and oxygen atoms in total. The summed E-state index contributed by atoms with van der Waals surface area (Å²) in [6.45, 7) is 6.23. The van der Waals surface area contributed by atoms with Gasteiger partial charge in [-0.1, -0.05) is 11.6 Å². The molecular formula is C13H17ClN4O. The van der Waals surface area contributed by atoms with Gasteiger partial charge in [0, 0.05) is 13.1 Å². The number of halogens is 1. The molecule has 0 atom stereocenters. The van der Waals surface area contributed by atoms with Gasteiger partial charge in [-0.3, -0.25) is 0 Å². The first-order chi connectivity index (χ1) is 9.24. The van der Waals surface area contributed by atoms with Gasteiger partial charge in [-0.15, -0.1) is 0 Å². The Labute approximate surface area is 117 Å². The molecule has 6 heteroatoms. The van der Waals surface area contributed by atoms with Gasteiger partial charge >= 0.3 is 0 Å². The second-order valence-corrected chi connectivity index (χ2v) is 4.40. The van der Waals surface area contributed by atoms with Crippen molar-refractivity contribution in [3.05, 3.63) is 35.4 Å². The summed E-state index contributed by atoms with van der Waals surface area (Å²) >= 11 is 6.18. The standard InChI is InChI=1S/C13H17ClN4O/c1-3-15-13-16-8-11(14)12(17-13)18(4-2)9-10-6-5-7-19-10/h5-8H,3-4,9H2,1-2H3,(H,15,16,17). The maximum absolute atomic E-state index is 6.18. The van der Waals surface area contributed by atoms with Crippen LogP contribution < -0.4 is 10.2 Å². The highest BCUT2D eigenvalue weighted by Crippen LogP contribution is 2.25. The van der Waals surface area contributed by atoms with Gasteiger partial charge < -0.3 is 14.6 Å². The van der Waals surface area contributed by atoms with Crippen molar-refractivity contribution in [2.45, 2.75) is 20.4 Å². The van der Waals surface area contributed by atoms with E-state index in [9.17, 15) is 0 Å². The van der Waals surface area contributed by atoms with Crippen LogP contribution in [-0.4, -0.2) is 23.1 Å². The molecule has 1 N–H and O–H groups in total. The van der Waals surface area contributed by atoms with Crippen LogP contribution in [0.3, 0.4) is 0 Å². The molecule has 0 bridgehead atoms. The SMILES string of the molecule is CCNc1ncc(Cl)c(N(CC)Cc2ccco2)n1. The van der Waals surface area contributed by atoms with Crippen LogP contribution in [0.1, 0.15) is 19.6 Å². The van der Waals surface area contributed by atoms with E-state index in [0.29, 0.717) is 23.3 Å². The van der Waals surface area contributed by atoms with Gasteiger partial charge in [0.2, 0.25) is 5.95 Å². The predicted molar refractivity (Wildman–Crippen MR) is 76.6 cm³/mol. The maximum atomic E-state index is 6.18. The minimum Gasteiger partial charge on any atom is -0.467 e. The van der Waals surface area contributed by atoms with E-state index < -0.39 is 0 Å². The molecule has 0 saturated heterocycles. The van der Waals surface area contributed by atoms with Crippen molar-refractivity contribution in [2.75, 3.05) is 23.3 Å². The van der Waals surface area contributed by atoms with E-state index in [0.717, 1.165) is 18.8 Å². The van der Waals surface area contributed by atoms with Crippen molar-refractivity contribution in [2.24, 2.45) is 0 Å². The lowest BCUT2D eigenvalue weighted by Gasteiger charge is -2.22. The van der Waals surface area contributed by atoms with Crippen molar-refractivity contribution < 1.29 is 4.42 Å². The summed E-state index contributed by atoms with van der Waals surface area (Å²) in [6.07, 6.45) is 3.28. The molecule has 0 spiro atoms. The number of anilines is 2. The molecule has 2 heterocycles. The Bertz CT molecular complexity index is 515. The van der Waals surface area contributed by atoms with Crippen molar-refractivity contribution in [1.29, 1.82) is 0 Å². The van der Waals surface area contributed by atoms with Gasteiger partial charge in [0.05, 0.1) is 19.0 Å². The van der Waals surface area contributed by atoms with Crippen LogP contribution >= 0.6 is 11.6 Å². The first-order valence-electron chi connectivity index (χ1n) is 6.28. The number of aromatic nitrogens is 2. The molecule has 0 aliphatic rings. The molecule has 0 aliphatic heterocycles. The molecule has 0 aromatic carbocycles. The molecule has 0 radical (unpaired) electrons. The normalized spacial score (nSPS) is 10.5. The second-order valence-electron chi connectivity index (χ2n) is 3.99. The van der Waals surface area contributed by atoms with Crippen molar-refractivity contribution >= 4 is 23.4 Å². The van der Waals surface area contributed by atoms with Gasteiger partial charge in [-0.2, -0.15) is 4.98 Å². The Hall–Kier alpha value is -1.75. The molecule has 0 amide bonds. The van der Waals surface area contributed by atoms with Gasteiger partial charge in [0.25, 0.3) is 0 Å². The third kappa shape index (κ3) is 3.38. The van der Waals surface area contributed by atoms with Crippen LogP contribution in [-0.2, 0) is 6.54 Å². The average molecular weight is 281 g/mol. The fourth-order valence-electron chi connectivity index (χ4n) is 1.75. The third-order valence-corrected chi connectivity index (χ3v) is 2.94. The molecule has 2 aromatic heterocycles. The summed E-state index contributed by atoms with van der Waals surface area (Å²) in [5.41, 5.74) is 0. The number of rotatable bonds is 6. The quantitative estimate of drug-likeness (QED) is 0.881. The summed E-state index contributed by atoms with van der Waals surface area (Å²) in [5, 5.41) is 3.62. The van der Waals surface area contributed by atoms with E-state index in [1.54, 1.807) is 12.5 Å². The number of nitrogens with one attached hydrogen (secondary N) is 1. The van der Waals surface area contributed by atoms with Gasteiger partial charge in [-0.05, 0) is 26.0 Å². The lowest BCUT2D eigenvalue weighted by Crippen LogP contribution is -2.23. The van der Waals surface area contributed by atoms with Crippen LogP contribution in [0.2, 0.25) is 5.02 Å². The van der Waals surface area contributed by atoms with Crippen molar-refractivity contribution in [3.63, 3.8) is 0 Å². The molecule has 2 rings (SSSR count). The summed E-state index contributed by atoms with van der Waals surface area (Å²) in [5.74, 6) is 2.17. The van der Waals surface area contributed by atoms with E-state index in [2.05, 4.69) is 15.3 Å². The fraction of sp³-hybridized carbons (Fsp3) is 0.385. The first kappa shape index (κ1) is 13.7. The molecule has 19 heavy (non-hydrogen) atoms.